The van der Waals surface area contributed by atoms with Crippen molar-refractivity contribution >= 4 is 17.9 Å². The number of rotatable bonds is 13. The molecular weight excluding hydrogens is 406 g/mol. The van der Waals surface area contributed by atoms with Crippen LogP contribution >= 0.6 is 0 Å². The molecule has 2 aromatic rings. The quantitative estimate of drug-likeness (QED) is 0.268. The molecule has 9 nitrogen and oxygen atoms in total. The molecule has 0 aliphatic heterocycles. The zero-order valence-electron chi connectivity index (χ0n) is 17.3. The SMILES string of the molecule is CC(=O)Oc1ccccc1C(=O)OCCOCCOCCCOC(=O)c1cccnc1. The van der Waals surface area contributed by atoms with Crippen LogP contribution in [0.1, 0.15) is 34.1 Å². The molecule has 166 valence electrons. The highest BCUT2D eigenvalue weighted by molar-refractivity contribution is 5.93. The molecule has 1 aromatic heterocycles. The van der Waals surface area contributed by atoms with Crippen LogP contribution in [0.4, 0.5) is 0 Å². The van der Waals surface area contributed by atoms with Crippen molar-refractivity contribution in [3.8, 4) is 5.75 Å². The van der Waals surface area contributed by atoms with Crippen molar-refractivity contribution in [1.29, 1.82) is 0 Å². The molecule has 0 N–H and O–H groups in total. The zero-order valence-corrected chi connectivity index (χ0v) is 17.3. The zero-order chi connectivity index (χ0) is 22.3. The fourth-order valence-corrected chi connectivity index (χ4v) is 2.36. The Morgan fingerprint density at radius 3 is 2.26 bits per heavy atom. The van der Waals surface area contributed by atoms with Gasteiger partial charge in [0.1, 0.15) is 17.9 Å². The first kappa shape index (κ1) is 24.0. The molecule has 1 aromatic carbocycles. The van der Waals surface area contributed by atoms with Crippen molar-refractivity contribution in [2.45, 2.75) is 13.3 Å². The van der Waals surface area contributed by atoms with Gasteiger partial charge in [-0.15, -0.1) is 0 Å². The minimum Gasteiger partial charge on any atom is -0.462 e. The number of pyridine rings is 1. The Hall–Kier alpha value is -3.30. The second-order valence-corrected chi connectivity index (χ2v) is 6.18. The highest BCUT2D eigenvalue weighted by Crippen LogP contribution is 2.19. The predicted octanol–water partition coefficient (Wildman–Crippen LogP) is 2.44. The summed E-state index contributed by atoms with van der Waals surface area (Å²) in [6.45, 7) is 2.87. The third-order valence-electron chi connectivity index (χ3n) is 3.76. The molecule has 0 fully saturated rings. The van der Waals surface area contributed by atoms with Crippen molar-refractivity contribution in [2.24, 2.45) is 0 Å². The molecule has 0 bridgehead atoms. The minimum atomic E-state index is -0.600. The molecule has 9 heteroatoms. The Bertz CT molecular complexity index is 840. The summed E-state index contributed by atoms with van der Waals surface area (Å²) in [5.74, 6) is -1.38. The lowest BCUT2D eigenvalue weighted by molar-refractivity contribution is -0.131. The lowest BCUT2D eigenvalue weighted by Crippen LogP contribution is -2.15. The van der Waals surface area contributed by atoms with E-state index in [4.69, 9.17) is 23.7 Å². The van der Waals surface area contributed by atoms with Crippen LogP contribution in [-0.4, -0.2) is 62.5 Å². The van der Waals surface area contributed by atoms with E-state index in [0.717, 1.165) is 0 Å². The third-order valence-corrected chi connectivity index (χ3v) is 3.76. The maximum Gasteiger partial charge on any atom is 0.342 e. The maximum absolute atomic E-state index is 12.1. The van der Waals surface area contributed by atoms with Crippen LogP contribution in [0, 0.1) is 0 Å². The molecule has 1 heterocycles. The summed E-state index contributed by atoms with van der Waals surface area (Å²) in [7, 11) is 0. The summed E-state index contributed by atoms with van der Waals surface area (Å²) in [6, 6.07) is 9.65. The Morgan fingerprint density at radius 2 is 1.52 bits per heavy atom. The summed E-state index contributed by atoms with van der Waals surface area (Å²) in [4.78, 5) is 38.7. The van der Waals surface area contributed by atoms with Crippen LogP contribution in [0.2, 0.25) is 0 Å². The molecule has 0 aliphatic carbocycles. The van der Waals surface area contributed by atoms with Crippen LogP contribution in [-0.2, 0) is 23.7 Å². The molecule has 0 radical (unpaired) electrons. The van der Waals surface area contributed by atoms with E-state index in [-0.39, 0.29) is 31.1 Å². The number of carbonyl (C=O) groups is 3. The van der Waals surface area contributed by atoms with Crippen molar-refractivity contribution in [2.75, 3.05) is 39.6 Å². The van der Waals surface area contributed by atoms with Gasteiger partial charge in [-0.05, 0) is 24.3 Å². The van der Waals surface area contributed by atoms with E-state index in [1.807, 2.05) is 0 Å². The van der Waals surface area contributed by atoms with E-state index in [2.05, 4.69) is 4.98 Å². The van der Waals surface area contributed by atoms with E-state index in [1.54, 1.807) is 30.5 Å². The number of hydrogen-bond acceptors (Lipinski definition) is 9. The number of nitrogens with zero attached hydrogens (tertiary/aromatic N) is 1. The minimum absolute atomic E-state index is 0.0531. The van der Waals surface area contributed by atoms with Gasteiger partial charge in [0.05, 0.1) is 32.0 Å². The first-order valence-electron chi connectivity index (χ1n) is 9.75. The topological polar surface area (TPSA) is 110 Å². The van der Waals surface area contributed by atoms with Crippen molar-refractivity contribution in [3.05, 3.63) is 59.9 Å². The Labute approximate surface area is 180 Å². The van der Waals surface area contributed by atoms with Crippen molar-refractivity contribution in [1.82, 2.24) is 4.98 Å². The second kappa shape index (κ2) is 13.8. The number of ether oxygens (including phenoxy) is 5. The second-order valence-electron chi connectivity index (χ2n) is 6.18. The van der Waals surface area contributed by atoms with Gasteiger partial charge in [0, 0.05) is 32.3 Å². The monoisotopic (exact) mass is 431 g/mol. The van der Waals surface area contributed by atoms with Gasteiger partial charge in [-0.1, -0.05) is 12.1 Å². The predicted molar refractivity (Wildman–Crippen MR) is 109 cm³/mol. The lowest BCUT2D eigenvalue weighted by atomic mass is 10.2. The lowest BCUT2D eigenvalue weighted by Gasteiger charge is -2.09. The van der Waals surface area contributed by atoms with Crippen LogP contribution in [0.25, 0.3) is 0 Å². The van der Waals surface area contributed by atoms with E-state index < -0.39 is 17.9 Å². The van der Waals surface area contributed by atoms with Gasteiger partial charge in [-0.2, -0.15) is 0 Å². The Kier molecular flexibility index (Phi) is 10.7. The molecule has 0 saturated carbocycles. The summed E-state index contributed by atoms with van der Waals surface area (Å²) in [6.07, 6.45) is 3.60. The number of aromatic nitrogens is 1. The van der Waals surface area contributed by atoms with Gasteiger partial charge in [0.15, 0.2) is 0 Å². The number of hydrogen-bond donors (Lipinski definition) is 0. The normalized spacial score (nSPS) is 10.4. The fraction of sp³-hybridized carbons (Fsp3) is 0.364. The highest BCUT2D eigenvalue weighted by atomic mass is 16.6. The first-order valence-corrected chi connectivity index (χ1v) is 9.75. The van der Waals surface area contributed by atoms with E-state index in [0.29, 0.717) is 31.8 Å². The summed E-state index contributed by atoms with van der Waals surface area (Å²) >= 11 is 0. The Balaban J connectivity index is 1.47. The van der Waals surface area contributed by atoms with Crippen LogP contribution < -0.4 is 4.74 Å². The van der Waals surface area contributed by atoms with E-state index >= 15 is 0 Å². The first-order chi connectivity index (χ1) is 15.1. The van der Waals surface area contributed by atoms with Crippen molar-refractivity contribution < 1.29 is 38.1 Å². The molecule has 0 atom stereocenters. The van der Waals surface area contributed by atoms with Gasteiger partial charge < -0.3 is 23.7 Å². The highest BCUT2D eigenvalue weighted by Gasteiger charge is 2.14. The third kappa shape index (κ3) is 9.37. The van der Waals surface area contributed by atoms with Gasteiger partial charge in [-0.25, -0.2) is 9.59 Å². The van der Waals surface area contributed by atoms with Gasteiger partial charge in [-0.3, -0.25) is 9.78 Å². The molecule has 0 spiro atoms. The molecule has 31 heavy (non-hydrogen) atoms. The van der Waals surface area contributed by atoms with Crippen LogP contribution in [0.3, 0.4) is 0 Å². The number of para-hydroxylation sites is 1. The van der Waals surface area contributed by atoms with Gasteiger partial charge in [0.25, 0.3) is 0 Å². The molecular formula is C22H25NO8. The van der Waals surface area contributed by atoms with Crippen molar-refractivity contribution in [3.63, 3.8) is 0 Å². The summed E-state index contributed by atoms with van der Waals surface area (Å²) in [5, 5.41) is 0. The van der Waals surface area contributed by atoms with Gasteiger partial charge in [0.2, 0.25) is 0 Å². The smallest absolute Gasteiger partial charge is 0.342 e. The summed E-state index contributed by atoms with van der Waals surface area (Å²) in [5.41, 5.74) is 0.581. The largest absolute Gasteiger partial charge is 0.462 e. The van der Waals surface area contributed by atoms with Crippen LogP contribution in [0.5, 0.6) is 5.75 Å². The molecule has 2 rings (SSSR count). The maximum atomic E-state index is 12.1. The molecule has 0 saturated heterocycles. The average Bonchev–Trinajstić information content (AvgIpc) is 2.77. The fourth-order valence-electron chi connectivity index (χ4n) is 2.36. The average molecular weight is 431 g/mol. The molecule has 0 aliphatic rings. The van der Waals surface area contributed by atoms with Gasteiger partial charge >= 0.3 is 17.9 Å². The van der Waals surface area contributed by atoms with E-state index in [9.17, 15) is 14.4 Å². The Morgan fingerprint density at radius 1 is 0.806 bits per heavy atom. The van der Waals surface area contributed by atoms with Crippen LogP contribution in [0.15, 0.2) is 48.8 Å². The standard InChI is InChI=1S/C22H25NO8/c1-17(24)31-20-8-3-2-7-19(20)22(26)30-15-14-28-13-12-27-10-5-11-29-21(25)18-6-4-9-23-16-18/h2-4,6-9,16H,5,10-15H2,1H3. The summed E-state index contributed by atoms with van der Waals surface area (Å²) < 4.78 is 25.9. The molecule has 0 amide bonds. The number of carbonyl (C=O) groups excluding carboxylic acids is 3. The number of esters is 3. The van der Waals surface area contributed by atoms with E-state index in [1.165, 1.54) is 25.3 Å². The molecule has 0 unspecified atom stereocenters. The number of benzene rings is 1.